The van der Waals surface area contributed by atoms with Gasteiger partial charge in [-0.15, -0.1) is 0 Å². The summed E-state index contributed by atoms with van der Waals surface area (Å²) in [5.41, 5.74) is 0. The average Bonchev–Trinajstić information content (AvgIpc) is 2.12. The molecule has 0 N–H and O–H groups in total. The van der Waals surface area contributed by atoms with E-state index in [1.165, 1.54) is 31.7 Å². The first-order chi connectivity index (χ1) is 8.12. The quantitative estimate of drug-likeness (QED) is 0.434. The minimum Gasteiger partial charge on any atom is -0.458 e. The smallest absolute Gasteiger partial charge is 0.183 e. The van der Waals surface area contributed by atoms with E-state index in [1.807, 2.05) is 0 Å². The third-order valence-corrected chi connectivity index (χ3v) is 9.83. The van der Waals surface area contributed by atoms with Gasteiger partial charge in [0.25, 0.3) is 0 Å². The predicted molar refractivity (Wildman–Crippen MR) is 90.0 cm³/mol. The number of hydrogen-bond donors (Lipinski definition) is 0. The predicted octanol–water partition coefficient (Wildman–Crippen LogP) is 4.60. The van der Waals surface area contributed by atoms with Crippen LogP contribution in [0.4, 0.5) is 0 Å². The van der Waals surface area contributed by atoms with Gasteiger partial charge in [0.05, 0.1) is 0 Å². The maximum atomic E-state index is 6.17. The maximum absolute atomic E-state index is 6.17. The minimum absolute atomic E-state index is 0.838. The molecule has 0 fully saturated rings. The summed E-state index contributed by atoms with van der Waals surface area (Å²) in [5.74, 6) is 0. The second-order valence-corrected chi connectivity index (χ2v) is 18.6. The van der Waals surface area contributed by atoms with Crippen LogP contribution in [-0.4, -0.2) is 32.3 Å². The summed E-state index contributed by atoms with van der Waals surface area (Å²) in [5, 5.41) is 0. The van der Waals surface area contributed by atoms with Crippen molar-refractivity contribution in [3.8, 4) is 0 Å². The Morgan fingerprint density at radius 2 is 1.39 bits per heavy atom. The molecule has 0 saturated carbocycles. The van der Waals surface area contributed by atoms with Crippen molar-refractivity contribution in [2.24, 2.45) is 0 Å². The lowest BCUT2D eigenvalue weighted by molar-refractivity contribution is 0.299. The van der Waals surface area contributed by atoms with Crippen LogP contribution in [0.1, 0.15) is 25.7 Å². The van der Waals surface area contributed by atoms with Gasteiger partial charge in [-0.05, 0) is 58.3 Å². The van der Waals surface area contributed by atoms with Crippen LogP contribution in [0.15, 0.2) is 0 Å². The van der Waals surface area contributed by atoms with Crippen LogP contribution in [-0.2, 0) is 8.54 Å². The summed E-state index contributed by atoms with van der Waals surface area (Å²) in [4.78, 5) is 0. The molecular weight excluding hydrogens is 272 g/mol. The highest BCUT2D eigenvalue weighted by Gasteiger charge is 2.22. The van der Waals surface area contributed by atoms with Gasteiger partial charge in [0.15, 0.2) is 25.7 Å². The molecular formula is C13H34O2Si3. The van der Waals surface area contributed by atoms with Crippen LogP contribution in [0.5, 0.6) is 0 Å². The Labute approximate surface area is 118 Å². The molecule has 0 rings (SSSR count). The number of unbranched alkanes of at least 4 members (excludes halogenated alkanes) is 3. The highest BCUT2D eigenvalue weighted by molar-refractivity contribution is 6.77. The fourth-order valence-corrected chi connectivity index (χ4v) is 9.52. The number of rotatable bonds is 10. The molecule has 0 aliphatic rings. The molecule has 110 valence electrons. The van der Waals surface area contributed by atoms with Crippen LogP contribution in [0.25, 0.3) is 0 Å². The largest absolute Gasteiger partial charge is 0.458 e. The molecule has 0 spiro atoms. The summed E-state index contributed by atoms with van der Waals surface area (Å²) < 4.78 is 12.0. The van der Waals surface area contributed by atoms with Crippen molar-refractivity contribution in [1.82, 2.24) is 0 Å². The molecule has 0 aromatic carbocycles. The third kappa shape index (κ3) is 13.0. The van der Waals surface area contributed by atoms with Gasteiger partial charge in [-0.2, -0.15) is 0 Å². The van der Waals surface area contributed by atoms with Gasteiger partial charge in [-0.3, -0.25) is 0 Å². The van der Waals surface area contributed by atoms with Gasteiger partial charge in [0.1, 0.15) is 0 Å². The van der Waals surface area contributed by atoms with Gasteiger partial charge < -0.3 is 8.54 Å². The molecule has 0 saturated heterocycles. The molecule has 18 heavy (non-hydrogen) atoms. The van der Waals surface area contributed by atoms with Crippen LogP contribution in [0, 0.1) is 0 Å². The van der Waals surface area contributed by atoms with Crippen molar-refractivity contribution in [2.75, 3.05) is 6.61 Å². The molecule has 0 bridgehead atoms. The molecule has 0 aliphatic carbocycles. The molecule has 0 aromatic rings. The van der Waals surface area contributed by atoms with Crippen molar-refractivity contribution in [2.45, 2.75) is 77.6 Å². The lowest BCUT2D eigenvalue weighted by Gasteiger charge is -2.25. The van der Waals surface area contributed by atoms with E-state index in [9.17, 15) is 0 Å². The summed E-state index contributed by atoms with van der Waals surface area (Å²) >= 11 is 0. The van der Waals surface area contributed by atoms with Gasteiger partial charge in [-0.1, -0.05) is 19.3 Å². The second kappa shape index (κ2) is 8.68. The zero-order chi connectivity index (χ0) is 14.2. The average molecular weight is 307 g/mol. The molecule has 0 aromatic heterocycles. The van der Waals surface area contributed by atoms with E-state index >= 15 is 0 Å². The fourth-order valence-electron chi connectivity index (χ4n) is 2.08. The normalized spacial score (nSPS) is 13.3. The van der Waals surface area contributed by atoms with Crippen LogP contribution in [0.3, 0.4) is 0 Å². The maximum Gasteiger partial charge on any atom is 0.183 e. The Morgan fingerprint density at radius 1 is 0.833 bits per heavy atom. The highest BCUT2D eigenvalue weighted by Crippen LogP contribution is 2.17. The third-order valence-electron chi connectivity index (χ3n) is 2.76. The highest BCUT2D eigenvalue weighted by atomic mass is 28.4. The molecule has 0 heterocycles. The zero-order valence-electron chi connectivity index (χ0n) is 13.6. The van der Waals surface area contributed by atoms with Gasteiger partial charge in [0.2, 0.25) is 0 Å². The van der Waals surface area contributed by atoms with E-state index in [-0.39, 0.29) is 0 Å². The minimum atomic E-state index is -1.33. The Balaban J connectivity index is 3.45. The van der Waals surface area contributed by atoms with Gasteiger partial charge in [-0.25, -0.2) is 0 Å². The molecule has 0 atom stereocenters. The summed E-state index contributed by atoms with van der Waals surface area (Å²) in [6.07, 6.45) is 5.22. The molecule has 2 nitrogen and oxygen atoms in total. The van der Waals surface area contributed by atoms with E-state index < -0.39 is 25.7 Å². The van der Waals surface area contributed by atoms with E-state index in [0.29, 0.717) is 0 Å². The summed E-state index contributed by atoms with van der Waals surface area (Å²) in [7, 11) is -3.45. The van der Waals surface area contributed by atoms with E-state index in [1.54, 1.807) is 0 Å². The Hall–Kier alpha value is 0.571. The molecule has 0 aliphatic heterocycles. The van der Waals surface area contributed by atoms with Crippen molar-refractivity contribution in [1.29, 1.82) is 0 Å². The SMILES string of the molecule is C[SiH](C)O[Si](C)(C)CCCCCCO[Si](C)(C)C. The van der Waals surface area contributed by atoms with E-state index in [4.69, 9.17) is 8.54 Å². The van der Waals surface area contributed by atoms with Crippen LogP contribution >= 0.6 is 0 Å². The Kier molecular flexibility index (Phi) is 8.96. The fraction of sp³-hybridized carbons (Fsp3) is 1.00. The topological polar surface area (TPSA) is 18.5 Å². The van der Waals surface area contributed by atoms with E-state index in [2.05, 4.69) is 45.8 Å². The van der Waals surface area contributed by atoms with Gasteiger partial charge in [0, 0.05) is 6.61 Å². The molecule has 0 radical (unpaired) electrons. The Morgan fingerprint density at radius 3 is 1.89 bits per heavy atom. The standard InChI is InChI=1S/C13H34O2Si3/c1-16(2)15-18(6,7)13-11-9-8-10-12-14-17(3,4)5/h16H,8-13H2,1-7H3. The second-order valence-electron chi connectivity index (χ2n) is 7.05. The zero-order valence-corrected chi connectivity index (χ0v) is 16.8. The molecule has 0 unspecified atom stereocenters. The van der Waals surface area contributed by atoms with Crippen molar-refractivity contribution < 1.29 is 8.54 Å². The molecule has 0 amide bonds. The van der Waals surface area contributed by atoms with Crippen molar-refractivity contribution >= 4 is 25.7 Å². The monoisotopic (exact) mass is 306 g/mol. The van der Waals surface area contributed by atoms with Gasteiger partial charge >= 0.3 is 0 Å². The lowest BCUT2D eigenvalue weighted by atomic mass is 10.2. The summed E-state index contributed by atoms with van der Waals surface area (Å²) in [6, 6.07) is 1.33. The number of hydrogen-bond acceptors (Lipinski definition) is 2. The first kappa shape index (κ1) is 18.6. The van der Waals surface area contributed by atoms with E-state index in [0.717, 1.165) is 6.61 Å². The van der Waals surface area contributed by atoms with Crippen LogP contribution in [0.2, 0.25) is 51.9 Å². The van der Waals surface area contributed by atoms with Crippen molar-refractivity contribution in [3.63, 3.8) is 0 Å². The first-order valence-electron chi connectivity index (χ1n) is 7.44. The lowest BCUT2D eigenvalue weighted by Crippen LogP contribution is -2.34. The molecule has 5 heteroatoms. The summed E-state index contributed by atoms with van der Waals surface area (Å²) in [6.45, 7) is 17.0. The van der Waals surface area contributed by atoms with Crippen LogP contribution < -0.4 is 0 Å². The van der Waals surface area contributed by atoms with Crippen molar-refractivity contribution in [3.05, 3.63) is 0 Å². The first-order valence-corrected chi connectivity index (χ1v) is 16.7. The Bertz CT molecular complexity index is 213.